The SMILES string of the molecule is C=C(C)C(=O)OCCN(CCCCC)c1ccc2c3c(cccc13)C(=O)N(CCCCCC)C2=O. The molecule has 0 saturated heterocycles. The van der Waals surface area contributed by atoms with E-state index in [9.17, 15) is 14.4 Å². The second kappa shape index (κ2) is 12.5. The quantitative estimate of drug-likeness (QED) is 0.141. The van der Waals surface area contributed by atoms with Crippen LogP contribution in [0.1, 0.15) is 86.4 Å². The molecular weight excluding hydrogens is 440 g/mol. The van der Waals surface area contributed by atoms with Gasteiger partial charge in [-0.2, -0.15) is 0 Å². The summed E-state index contributed by atoms with van der Waals surface area (Å²) in [5.41, 5.74) is 2.48. The third-order valence-corrected chi connectivity index (χ3v) is 6.52. The van der Waals surface area contributed by atoms with Crippen molar-refractivity contribution in [3.63, 3.8) is 0 Å². The number of carbonyl (C=O) groups is 3. The number of amides is 2. The van der Waals surface area contributed by atoms with Crippen LogP contribution in [0.2, 0.25) is 0 Å². The standard InChI is InChI=1S/C29H38N2O4/c1-5-7-9-11-18-31-27(32)23-14-12-13-22-25(16-15-24(26(22)23)28(31)33)30(17-10-8-6-2)19-20-35-29(34)21(3)4/h12-16H,3,5-11,17-20H2,1-2,4H3. The number of unbranched alkanes of at least 4 members (excludes halogenated alkanes) is 5. The third kappa shape index (κ3) is 6.11. The van der Waals surface area contributed by atoms with Crippen molar-refractivity contribution in [2.75, 3.05) is 31.1 Å². The third-order valence-electron chi connectivity index (χ3n) is 6.52. The van der Waals surface area contributed by atoms with Crippen molar-refractivity contribution in [2.45, 2.75) is 65.7 Å². The molecule has 6 nitrogen and oxygen atoms in total. The number of anilines is 1. The van der Waals surface area contributed by atoms with Crippen molar-refractivity contribution in [1.82, 2.24) is 4.90 Å². The zero-order chi connectivity index (χ0) is 25.4. The summed E-state index contributed by atoms with van der Waals surface area (Å²) in [6.07, 6.45) is 7.22. The van der Waals surface area contributed by atoms with Crippen LogP contribution >= 0.6 is 0 Å². The number of rotatable bonds is 14. The summed E-state index contributed by atoms with van der Waals surface area (Å²) in [7, 11) is 0. The first-order valence-corrected chi connectivity index (χ1v) is 12.9. The zero-order valence-electron chi connectivity index (χ0n) is 21.4. The van der Waals surface area contributed by atoms with E-state index < -0.39 is 5.97 Å². The predicted molar refractivity (Wildman–Crippen MR) is 141 cm³/mol. The molecule has 0 atom stereocenters. The largest absolute Gasteiger partial charge is 0.460 e. The summed E-state index contributed by atoms with van der Waals surface area (Å²) in [6, 6.07) is 9.50. The number of benzene rings is 2. The van der Waals surface area contributed by atoms with E-state index in [0.29, 0.717) is 29.8 Å². The highest BCUT2D eigenvalue weighted by atomic mass is 16.5. The van der Waals surface area contributed by atoms with Crippen LogP contribution in [0.4, 0.5) is 5.69 Å². The fourth-order valence-corrected chi connectivity index (χ4v) is 4.58. The van der Waals surface area contributed by atoms with E-state index in [1.165, 1.54) is 4.90 Å². The van der Waals surface area contributed by atoms with Crippen molar-refractivity contribution in [2.24, 2.45) is 0 Å². The molecule has 0 unspecified atom stereocenters. The lowest BCUT2D eigenvalue weighted by atomic mass is 9.92. The molecule has 2 aromatic carbocycles. The number of esters is 1. The molecule has 1 heterocycles. The van der Waals surface area contributed by atoms with Gasteiger partial charge >= 0.3 is 5.97 Å². The number of hydrogen-bond acceptors (Lipinski definition) is 5. The minimum Gasteiger partial charge on any atom is -0.460 e. The molecule has 188 valence electrons. The van der Waals surface area contributed by atoms with Crippen LogP contribution in [0.3, 0.4) is 0 Å². The summed E-state index contributed by atoms with van der Waals surface area (Å²) in [4.78, 5) is 42.1. The molecule has 6 heteroatoms. The van der Waals surface area contributed by atoms with Crippen LogP contribution in [0.15, 0.2) is 42.5 Å². The molecule has 0 aliphatic carbocycles. The van der Waals surface area contributed by atoms with Crippen LogP contribution in [-0.4, -0.2) is 48.9 Å². The lowest BCUT2D eigenvalue weighted by Gasteiger charge is -2.31. The predicted octanol–water partition coefficient (Wildman–Crippen LogP) is 6.13. The molecule has 2 amide bonds. The van der Waals surface area contributed by atoms with Gasteiger partial charge in [-0.15, -0.1) is 0 Å². The van der Waals surface area contributed by atoms with Crippen molar-refractivity contribution in [3.05, 3.63) is 53.6 Å². The topological polar surface area (TPSA) is 66.9 Å². The summed E-state index contributed by atoms with van der Waals surface area (Å²) >= 11 is 0. The lowest BCUT2D eigenvalue weighted by molar-refractivity contribution is -0.138. The fourth-order valence-electron chi connectivity index (χ4n) is 4.58. The number of hydrogen-bond donors (Lipinski definition) is 0. The number of carbonyl (C=O) groups excluding carboxylic acids is 3. The molecular formula is C29H38N2O4. The molecule has 35 heavy (non-hydrogen) atoms. The minimum atomic E-state index is -0.398. The highest BCUT2D eigenvalue weighted by Crippen LogP contribution is 2.36. The molecule has 0 radical (unpaired) electrons. The Hall–Kier alpha value is -3.15. The molecule has 0 bridgehead atoms. The van der Waals surface area contributed by atoms with Crippen LogP contribution < -0.4 is 4.90 Å². The molecule has 1 aliphatic heterocycles. The fraction of sp³-hybridized carbons (Fsp3) is 0.483. The Morgan fingerprint density at radius 2 is 1.60 bits per heavy atom. The maximum absolute atomic E-state index is 13.3. The Kier molecular flexibility index (Phi) is 9.47. The summed E-state index contributed by atoms with van der Waals surface area (Å²) in [6.45, 7) is 11.6. The van der Waals surface area contributed by atoms with Gasteiger partial charge in [0.1, 0.15) is 6.61 Å². The van der Waals surface area contributed by atoms with Gasteiger partial charge < -0.3 is 9.64 Å². The van der Waals surface area contributed by atoms with E-state index in [2.05, 4.69) is 25.3 Å². The Morgan fingerprint density at radius 1 is 0.914 bits per heavy atom. The maximum Gasteiger partial charge on any atom is 0.333 e. The van der Waals surface area contributed by atoms with Gasteiger partial charge in [0.15, 0.2) is 0 Å². The Morgan fingerprint density at radius 3 is 2.29 bits per heavy atom. The number of ether oxygens (including phenoxy) is 1. The summed E-state index contributed by atoms with van der Waals surface area (Å²) < 4.78 is 5.36. The first-order chi connectivity index (χ1) is 16.9. The van der Waals surface area contributed by atoms with Crippen molar-refractivity contribution in [1.29, 1.82) is 0 Å². The molecule has 2 aromatic rings. The molecule has 0 spiro atoms. The second-order valence-electron chi connectivity index (χ2n) is 9.29. The zero-order valence-corrected chi connectivity index (χ0v) is 21.4. The molecule has 0 saturated carbocycles. The normalized spacial score (nSPS) is 12.8. The monoisotopic (exact) mass is 478 g/mol. The second-order valence-corrected chi connectivity index (χ2v) is 9.29. The molecule has 0 N–H and O–H groups in total. The van der Waals surface area contributed by atoms with Crippen molar-refractivity contribution < 1.29 is 19.1 Å². The average molecular weight is 479 g/mol. The van der Waals surface area contributed by atoms with Gasteiger partial charge in [0.2, 0.25) is 0 Å². The highest BCUT2D eigenvalue weighted by Gasteiger charge is 2.33. The molecule has 3 rings (SSSR count). The summed E-state index contributed by atoms with van der Waals surface area (Å²) in [5, 5.41) is 1.61. The van der Waals surface area contributed by atoms with Gasteiger partial charge in [-0.3, -0.25) is 14.5 Å². The van der Waals surface area contributed by atoms with E-state index >= 15 is 0 Å². The Balaban J connectivity index is 1.92. The number of nitrogens with zero attached hydrogens (tertiary/aromatic N) is 2. The smallest absolute Gasteiger partial charge is 0.333 e. The van der Waals surface area contributed by atoms with Crippen molar-refractivity contribution in [3.8, 4) is 0 Å². The Labute approximate surface area is 208 Å². The molecule has 1 aliphatic rings. The van der Waals surface area contributed by atoms with Crippen LogP contribution in [0, 0.1) is 0 Å². The van der Waals surface area contributed by atoms with E-state index in [1.54, 1.807) is 6.92 Å². The number of imide groups is 1. The minimum absolute atomic E-state index is 0.213. The van der Waals surface area contributed by atoms with E-state index in [1.807, 2.05) is 30.3 Å². The van der Waals surface area contributed by atoms with Crippen LogP contribution in [0.25, 0.3) is 10.8 Å². The van der Waals surface area contributed by atoms with Crippen molar-refractivity contribution >= 4 is 34.2 Å². The van der Waals surface area contributed by atoms with Gasteiger partial charge in [0, 0.05) is 46.2 Å². The summed E-state index contributed by atoms with van der Waals surface area (Å²) in [5.74, 6) is -0.824. The maximum atomic E-state index is 13.3. The van der Waals surface area contributed by atoms with E-state index in [4.69, 9.17) is 4.74 Å². The first kappa shape index (κ1) is 26.5. The van der Waals surface area contributed by atoms with Gasteiger partial charge in [-0.05, 0) is 38.0 Å². The average Bonchev–Trinajstić information content (AvgIpc) is 2.85. The van der Waals surface area contributed by atoms with Crippen LogP contribution in [-0.2, 0) is 9.53 Å². The first-order valence-electron chi connectivity index (χ1n) is 12.9. The van der Waals surface area contributed by atoms with Gasteiger partial charge in [0.05, 0.1) is 6.54 Å². The van der Waals surface area contributed by atoms with E-state index in [0.717, 1.165) is 68.0 Å². The van der Waals surface area contributed by atoms with Gasteiger partial charge in [0.25, 0.3) is 11.8 Å². The van der Waals surface area contributed by atoms with Gasteiger partial charge in [-0.25, -0.2) is 4.79 Å². The molecule has 0 aromatic heterocycles. The van der Waals surface area contributed by atoms with Crippen LogP contribution in [0.5, 0.6) is 0 Å². The Bertz CT molecular complexity index is 1070. The lowest BCUT2D eigenvalue weighted by Crippen LogP contribution is -2.41. The highest BCUT2D eigenvalue weighted by molar-refractivity contribution is 6.26. The van der Waals surface area contributed by atoms with E-state index in [-0.39, 0.29) is 18.4 Å². The van der Waals surface area contributed by atoms with Gasteiger partial charge in [-0.1, -0.05) is 64.7 Å². The molecule has 0 fully saturated rings.